The Balaban J connectivity index is 0.000000454. The molecular formula is C23H21ClF3N5O4. The molecule has 0 aliphatic rings. The number of anilines is 1. The number of ether oxygens (including phenoxy) is 1. The lowest BCUT2D eigenvalue weighted by Gasteiger charge is -2.14. The number of benzene rings is 2. The predicted molar refractivity (Wildman–Crippen MR) is 128 cm³/mol. The highest BCUT2D eigenvalue weighted by Gasteiger charge is 2.38. The molecule has 2 aromatic heterocycles. The molecule has 0 unspecified atom stereocenters. The number of carbonyl (C=O) groups excluding carboxylic acids is 1. The maximum Gasteiger partial charge on any atom is 0.490 e. The van der Waals surface area contributed by atoms with Crippen LogP contribution < -0.4 is 15.8 Å². The van der Waals surface area contributed by atoms with Crippen molar-refractivity contribution in [2.75, 3.05) is 18.5 Å². The van der Waals surface area contributed by atoms with Crippen LogP contribution in [0.5, 0.6) is 5.75 Å². The lowest BCUT2D eigenvalue weighted by molar-refractivity contribution is -0.192. The Kier molecular flexibility index (Phi) is 8.22. The van der Waals surface area contributed by atoms with E-state index in [2.05, 4.69) is 15.4 Å². The van der Waals surface area contributed by atoms with Crippen LogP contribution in [0.15, 0.2) is 54.7 Å². The predicted octanol–water partition coefficient (Wildman–Crippen LogP) is 4.44. The zero-order valence-electron chi connectivity index (χ0n) is 18.8. The molecule has 0 fully saturated rings. The number of fused-ring (bicyclic) bond motifs is 1. The molecule has 1 amide bonds. The summed E-state index contributed by atoms with van der Waals surface area (Å²) in [6, 6.07) is 14.9. The van der Waals surface area contributed by atoms with E-state index in [0.29, 0.717) is 41.0 Å². The van der Waals surface area contributed by atoms with Gasteiger partial charge in [0.25, 0.3) is 5.91 Å². The van der Waals surface area contributed by atoms with Crippen LogP contribution in [0.3, 0.4) is 0 Å². The van der Waals surface area contributed by atoms with Crippen LogP contribution in [-0.4, -0.2) is 51.1 Å². The van der Waals surface area contributed by atoms with Crippen molar-refractivity contribution in [3.63, 3.8) is 0 Å². The van der Waals surface area contributed by atoms with Crippen molar-refractivity contribution in [1.29, 1.82) is 0 Å². The molecule has 5 N–H and O–H groups in total. The molecule has 4 aromatic rings. The second-order valence-corrected chi connectivity index (χ2v) is 7.75. The number of hydrogen-bond donors (Lipinski definition) is 4. The van der Waals surface area contributed by atoms with Gasteiger partial charge >= 0.3 is 12.1 Å². The number of aromatic nitrogens is 3. The number of H-pyrrole nitrogens is 1. The number of hydrogen-bond acceptors (Lipinski definition) is 5. The summed E-state index contributed by atoms with van der Waals surface area (Å²) in [5, 5.41) is 15.7. The molecule has 13 heteroatoms. The Hall–Kier alpha value is -4.03. The third kappa shape index (κ3) is 6.34. The van der Waals surface area contributed by atoms with E-state index in [1.54, 1.807) is 30.1 Å². The number of aromatic amines is 1. The van der Waals surface area contributed by atoms with E-state index < -0.39 is 12.1 Å². The van der Waals surface area contributed by atoms with E-state index in [0.717, 1.165) is 16.5 Å². The van der Waals surface area contributed by atoms with Gasteiger partial charge in [-0.3, -0.25) is 9.48 Å². The largest absolute Gasteiger partial charge is 0.492 e. The number of nitrogens with one attached hydrogen (secondary N) is 2. The maximum absolute atomic E-state index is 12.7. The van der Waals surface area contributed by atoms with Gasteiger partial charge in [0, 0.05) is 35.7 Å². The first-order valence-corrected chi connectivity index (χ1v) is 10.7. The van der Waals surface area contributed by atoms with Crippen molar-refractivity contribution < 1.29 is 32.6 Å². The summed E-state index contributed by atoms with van der Waals surface area (Å²) in [6.07, 6.45) is -3.51. The second-order valence-electron chi connectivity index (χ2n) is 7.34. The van der Waals surface area contributed by atoms with Crippen LogP contribution in [0.1, 0.15) is 10.5 Å². The number of amides is 1. The zero-order valence-corrected chi connectivity index (χ0v) is 19.5. The number of halogens is 4. The first kappa shape index (κ1) is 26.6. The summed E-state index contributed by atoms with van der Waals surface area (Å²) in [7, 11) is 1.80. The molecule has 36 heavy (non-hydrogen) atoms. The number of para-hydroxylation sites is 1. The van der Waals surface area contributed by atoms with Crippen LogP contribution >= 0.6 is 11.6 Å². The van der Waals surface area contributed by atoms with Crippen LogP contribution in [0.2, 0.25) is 5.02 Å². The van der Waals surface area contributed by atoms with Gasteiger partial charge in [0.05, 0.1) is 16.9 Å². The highest BCUT2D eigenvalue weighted by Crippen LogP contribution is 2.36. The van der Waals surface area contributed by atoms with Crippen molar-refractivity contribution in [2.24, 2.45) is 12.8 Å². The number of nitrogens with two attached hydrogens (primary N) is 1. The van der Waals surface area contributed by atoms with Crippen LogP contribution in [0, 0.1) is 0 Å². The Labute approximate surface area is 207 Å². The van der Waals surface area contributed by atoms with Gasteiger partial charge in [-0.2, -0.15) is 18.3 Å². The van der Waals surface area contributed by atoms with Crippen molar-refractivity contribution in [3.8, 4) is 17.0 Å². The average molecular weight is 524 g/mol. The van der Waals surface area contributed by atoms with Crippen molar-refractivity contribution in [2.45, 2.75) is 6.18 Å². The SMILES string of the molecule is Cn1ncc(Cl)c1-c1cc(NC(=O)c2cc3ccccc3[nH]2)ccc1OCCN.O=C(O)C(F)(F)F. The Morgan fingerprint density at radius 2 is 1.92 bits per heavy atom. The van der Waals surface area contributed by atoms with Crippen molar-refractivity contribution in [3.05, 3.63) is 65.4 Å². The minimum absolute atomic E-state index is 0.237. The Morgan fingerprint density at radius 3 is 2.50 bits per heavy atom. The van der Waals surface area contributed by atoms with Crippen LogP contribution in [-0.2, 0) is 11.8 Å². The molecule has 0 atom stereocenters. The normalized spacial score (nSPS) is 11.1. The van der Waals surface area contributed by atoms with Crippen molar-refractivity contribution >= 4 is 40.1 Å². The molecule has 2 aromatic carbocycles. The molecule has 9 nitrogen and oxygen atoms in total. The lowest BCUT2D eigenvalue weighted by Crippen LogP contribution is -2.21. The second kappa shape index (κ2) is 11.1. The molecular weight excluding hydrogens is 503 g/mol. The molecule has 0 aliphatic carbocycles. The summed E-state index contributed by atoms with van der Waals surface area (Å²) in [5.41, 5.74) is 8.98. The third-order valence-electron chi connectivity index (χ3n) is 4.78. The molecule has 0 aliphatic heterocycles. The van der Waals surface area contributed by atoms with Gasteiger partial charge in [-0.1, -0.05) is 29.8 Å². The molecule has 0 saturated carbocycles. The summed E-state index contributed by atoms with van der Waals surface area (Å²) in [6.45, 7) is 0.751. The molecule has 2 heterocycles. The smallest absolute Gasteiger partial charge is 0.490 e. The van der Waals surface area contributed by atoms with Gasteiger partial charge in [-0.25, -0.2) is 4.79 Å². The topological polar surface area (TPSA) is 135 Å². The summed E-state index contributed by atoms with van der Waals surface area (Å²) >= 11 is 6.33. The summed E-state index contributed by atoms with van der Waals surface area (Å²) < 4.78 is 39.2. The molecule has 190 valence electrons. The van der Waals surface area contributed by atoms with E-state index in [-0.39, 0.29) is 5.91 Å². The number of aryl methyl sites for hydroxylation is 1. The van der Waals surface area contributed by atoms with E-state index >= 15 is 0 Å². The zero-order chi connectivity index (χ0) is 26.5. The van der Waals surface area contributed by atoms with Gasteiger partial charge in [0.15, 0.2) is 0 Å². The van der Waals surface area contributed by atoms with Crippen LogP contribution in [0.4, 0.5) is 18.9 Å². The van der Waals surface area contributed by atoms with Gasteiger partial charge in [0.2, 0.25) is 0 Å². The van der Waals surface area contributed by atoms with Gasteiger partial charge in [-0.15, -0.1) is 0 Å². The van der Waals surface area contributed by atoms with E-state index in [1.165, 1.54) is 0 Å². The minimum Gasteiger partial charge on any atom is -0.492 e. The van der Waals surface area contributed by atoms with Gasteiger partial charge < -0.3 is 25.9 Å². The Bertz CT molecular complexity index is 1330. The fourth-order valence-electron chi connectivity index (χ4n) is 3.20. The summed E-state index contributed by atoms with van der Waals surface area (Å²) in [5.74, 6) is -2.38. The number of carboxylic acids is 1. The molecule has 4 rings (SSSR count). The number of alkyl halides is 3. The average Bonchev–Trinajstić information content (AvgIpc) is 3.41. The number of carboxylic acid groups (broad SMARTS) is 1. The molecule has 0 saturated heterocycles. The standard InChI is InChI=1S/C21H20ClN5O2.C2HF3O2/c1-27-20(16(22)12-24-27)15-11-14(6-7-19(15)29-9-8-23)25-21(28)18-10-13-4-2-3-5-17(13)26-18;3-2(4,5)1(6)7/h2-7,10-12,26H,8-9,23H2,1H3,(H,25,28);(H,6,7). The quantitative estimate of drug-likeness (QED) is 0.295. The third-order valence-corrected chi connectivity index (χ3v) is 5.06. The van der Waals surface area contributed by atoms with E-state index in [4.69, 9.17) is 32.0 Å². The van der Waals surface area contributed by atoms with Gasteiger partial charge in [0.1, 0.15) is 18.1 Å². The first-order valence-electron chi connectivity index (χ1n) is 10.3. The highest BCUT2D eigenvalue weighted by atomic mass is 35.5. The Morgan fingerprint density at radius 1 is 1.22 bits per heavy atom. The number of aliphatic carboxylic acids is 1. The molecule has 0 bridgehead atoms. The monoisotopic (exact) mass is 523 g/mol. The number of nitrogens with zero attached hydrogens (tertiary/aromatic N) is 2. The van der Waals surface area contributed by atoms with Crippen LogP contribution in [0.25, 0.3) is 22.2 Å². The number of carbonyl (C=O) groups is 2. The highest BCUT2D eigenvalue weighted by molar-refractivity contribution is 6.33. The van der Waals surface area contributed by atoms with E-state index in [1.807, 2.05) is 36.4 Å². The lowest BCUT2D eigenvalue weighted by atomic mass is 10.1. The summed E-state index contributed by atoms with van der Waals surface area (Å²) in [4.78, 5) is 24.8. The molecule has 0 radical (unpaired) electrons. The fraction of sp³-hybridized carbons (Fsp3) is 0.174. The van der Waals surface area contributed by atoms with E-state index in [9.17, 15) is 18.0 Å². The first-order chi connectivity index (χ1) is 17.0. The number of rotatable bonds is 6. The molecule has 0 spiro atoms. The van der Waals surface area contributed by atoms with Gasteiger partial charge in [-0.05, 0) is 30.3 Å². The van der Waals surface area contributed by atoms with Crippen molar-refractivity contribution in [1.82, 2.24) is 14.8 Å². The maximum atomic E-state index is 12.7. The fourth-order valence-corrected chi connectivity index (χ4v) is 3.46. The minimum atomic E-state index is -5.08.